The Labute approximate surface area is 222 Å². The largest absolute Gasteiger partial charge is 0.491 e. The topological polar surface area (TPSA) is 118 Å². The number of halogens is 3. The zero-order valence-corrected chi connectivity index (χ0v) is 20.8. The maximum absolute atomic E-state index is 13.8. The van der Waals surface area contributed by atoms with E-state index in [0.29, 0.717) is 32.8 Å². The number of rotatable bonds is 7. The lowest BCUT2D eigenvalue weighted by molar-refractivity contribution is 0.0704. The maximum Gasteiger partial charge on any atom is 0.348 e. The van der Waals surface area contributed by atoms with Crippen molar-refractivity contribution in [2.45, 2.75) is 13.0 Å². The van der Waals surface area contributed by atoms with Gasteiger partial charge < -0.3 is 9.84 Å². The quantitative estimate of drug-likeness (QED) is 0.266. The van der Waals surface area contributed by atoms with Crippen LogP contribution in [0.4, 0.5) is 8.78 Å². The van der Waals surface area contributed by atoms with Gasteiger partial charge in [0.05, 0.1) is 28.5 Å². The Morgan fingerprint density at radius 1 is 1.24 bits per heavy atom. The molecule has 0 aliphatic heterocycles. The number of ether oxygens (including phenoxy) is 1. The van der Waals surface area contributed by atoms with Crippen molar-refractivity contribution >= 4 is 50.7 Å². The molecule has 0 radical (unpaired) electrons. The van der Waals surface area contributed by atoms with Crippen molar-refractivity contribution < 1.29 is 23.4 Å². The Balaban J connectivity index is 1.52. The zero-order chi connectivity index (χ0) is 27.0. The molecule has 0 fully saturated rings. The SMILES string of the molecule is N#Cc1cccc2nc(C(F)F)n(CCOc3ccc(Cl)cc3-c3ccnc4c(C(=O)O)scc34)c(=O)c12. The number of carboxylic acid groups (broad SMARTS) is 1. The number of alkyl halides is 2. The summed E-state index contributed by atoms with van der Waals surface area (Å²) in [6, 6.07) is 12.7. The van der Waals surface area contributed by atoms with Crippen molar-refractivity contribution in [2.75, 3.05) is 6.61 Å². The average molecular weight is 553 g/mol. The minimum atomic E-state index is -3.03. The van der Waals surface area contributed by atoms with Gasteiger partial charge in [0, 0.05) is 27.5 Å². The number of thiophene rings is 1. The number of nitrogens with zero attached hydrogens (tertiary/aromatic N) is 4. The molecule has 2 aromatic carbocycles. The van der Waals surface area contributed by atoms with Gasteiger partial charge in [-0.15, -0.1) is 11.3 Å². The van der Waals surface area contributed by atoms with Crippen molar-refractivity contribution in [3.63, 3.8) is 0 Å². The highest BCUT2D eigenvalue weighted by Crippen LogP contribution is 2.39. The molecule has 3 heterocycles. The van der Waals surface area contributed by atoms with Crippen LogP contribution in [0.15, 0.2) is 58.8 Å². The maximum atomic E-state index is 13.8. The molecule has 0 amide bonds. The van der Waals surface area contributed by atoms with Crippen LogP contribution in [0, 0.1) is 11.3 Å². The number of aromatic carboxylic acids is 1. The van der Waals surface area contributed by atoms with E-state index in [1.807, 2.05) is 6.07 Å². The molecule has 0 saturated heterocycles. The molecule has 0 unspecified atom stereocenters. The minimum absolute atomic E-state index is 0.0136. The van der Waals surface area contributed by atoms with Crippen LogP contribution in [0.25, 0.3) is 32.9 Å². The average Bonchev–Trinajstić information content (AvgIpc) is 3.35. The van der Waals surface area contributed by atoms with E-state index in [2.05, 4.69) is 9.97 Å². The first-order valence-corrected chi connectivity index (χ1v) is 12.3. The van der Waals surface area contributed by atoms with E-state index < -0.39 is 23.8 Å². The third-order valence-corrected chi connectivity index (χ3v) is 7.02. The van der Waals surface area contributed by atoms with Gasteiger partial charge in [-0.3, -0.25) is 14.3 Å². The molecule has 5 rings (SSSR count). The van der Waals surface area contributed by atoms with Crippen LogP contribution < -0.4 is 10.3 Å². The smallest absolute Gasteiger partial charge is 0.348 e. The van der Waals surface area contributed by atoms with Crippen LogP contribution in [0.3, 0.4) is 0 Å². The number of hydrogen-bond acceptors (Lipinski definition) is 7. The Bertz CT molecular complexity index is 1830. The first-order valence-electron chi connectivity index (χ1n) is 11.0. The molecule has 1 N–H and O–H groups in total. The summed E-state index contributed by atoms with van der Waals surface area (Å²) in [6.45, 7) is -0.453. The molecule has 0 atom stereocenters. The molecule has 5 aromatic rings. The summed E-state index contributed by atoms with van der Waals surface area (Å²) in [4.78, 5) is 32.9. The predicted molar refractivity (Wildman–Crippen MR) is 138 cm³/mol. The summed E-state index contributed by atoms with van der Waals surface area (Å²) in [6.07, 6.45) is -1.56. The fourth-order valence-corrected chi connectivity index (χ4v) is 5.20. The Kier molecular flexibility index (Phi) is 6.75. The fraction of sp³-hybridized carbons (Fsp3) is 0.115. The number of pyridine rings is 1. The first-order chi connectivity index (χ1) is 18.3. The van der Waals surface area contributed by atoms with Gasteiger partial charge in [-0.25, -0.2) is 18.6 Å². The monoisotopic (exact) mass is 552 g/mol. The number of hydrogen-bond donors (Lipinski definition) is 1. The third kappa shape index (κ3) is 4.44. The summed E-state index contributed by atoms with van der Waals surface area (Å²) in [5.74, 6) is -1.49. The van der Waals surface area contributed by atoms with Crippen LogP contribution in [-0.2, 0) is 6.54 Å². The molecule has 0 aliphatic carbocycles. The van der Waals surface area contributed by atoms with Crippen molar-refractivity contribution in [1.82, 2.24) is 14.5 Å². The van der Waals surface area contributed by atoms with E-state index in [-0.39, 0.29) is 34.5 Å². The summed E-state index contributed by atoms with van der Waals surface area (Å²) in [7, 11) is 0. The molecule has 38 heavy (non-hydrogen) atoms. The second kappa shape index (κ2) is 10.2. The van der Waals surface area contributed by atoms with E-state index in [9.17, 15) is 28.7 Å². The van der Waals surface area contributed by atoms with Crippen molar-refractivity contribution in [1.29, 1.82) is 5.26 Å². The van der Waals surface area contributed by atoms with E-state index in [1.54, 1.807) is 29.6 Å². The Morgan fingerprint density at radius 3 is 2.79 bits per heavy atom. The van der Waals surface area contributed by atoms with Crippen LogP contribution in [0.2, 0.25) is 5.02 Å². The minimum Gasteiger partial charge on any atom is -0.491 e. The summed E-state index contributed by atoms with van der Waals surface area (Å²) >= 11 is 7.28. The second-order valence-corrected chi connectivity index (χ2v) is 9.33. The summed E-state index contributed by atoms with van der Waals surface area (Å²) in [5, 5.41) is 21.4. The van der Waals surface area contributed by atoms with Crippen molar-refractivity contribution in [3.05, 3.63) is 85.7 Å². The highest BCUT2D eigenvalue weighted by atomic mass is 35.5. The number of nitriles is 1. The highest BCUT2D eigenvalue weighted by Gasteiger charge is 2.21. The normalized spacial score (nSPS) is 11.2. The van der Waals surface area contributed by atoms with Gasteiger partial charge in [0.2, 0.25) is 0 Å². The number of aromatic nitrogens is 3. The van der Waals surface area contributed by atoms with E-state index >= 15 is 0 Å². The van der Waals surface area contributed by atoms with Gasteiger partial charge in [-0.05, 0) is 42.0 Å². The lowest BCUT2D eigenvalue weighted by Crippen LogP contribution is -2.28. The first kappa shape index (κ1) is 25.3. The molecule has 12 heteroatoms. The molecule has 0 saturated carbocycles. The van der Waals surface area contributed by atoms with Gasteiger partial charge >= 0.3 is 5.97 Å². The molecular formula is C26H15ClF2N4O4S. The van der Waals surface area contributed by atoms with Gasteiger partial charge in [-0.1, -0.05) is 17.7 Å². The number of carbonyl (C=O) groups is 1. The lowest BCUT2D eigenvalue weighted by Gasteiger charge is -2.16. The van der Waals surface area contributed by atoms with Gasteiger partial charge in [0.1, 0.15) is 23.3 Å². The number of fused-ring (bicyclic) bond motifs is 2. The number of carboxylic acids is 1. The second-order valence-electron chi connectivity index (χ2n) is 8.02. The Morgan fingerprint density at radius 2 is 2.05 bits per heavy atom. The van der Waals surface area contributed by atoms with E-state index in [0.717, 1.165) is 15.9 Å². The molecule has 8 nitrogen and oxygen atoms in total. The van der Waals surface area contributed by atoms with Gasteiger partial charge in [-0.2, -0.15) is 5.26 Å². The van der Waals surface area contributed by atoms with Crippen molar-refractivity contribution in [2.24, 2.45) is 0 Å². The molecule has 0 spiro atoms. The molecule has 3 aromatic heterocycles. The molecule has 190 valence electrons. The van der Waals surface area contributed by atoms with E-state index in [1.165, 1.54) is 24.4 Å². The molecular weight excluding hydrogens is 538 g/mol. The van der Waals surface area contributed by atoms with E-state index in [4.69, 9.17) is 16.3 Å². The molecule has 0 aliphatic rings. The third-order valence-electron chi connectivity index (χ3n) is 5.83. The zero-order valence-electron chi connectivity index (χ0n) is 19.2. The van der Waals surface area contributed by atoms with Crippen LogP contribution in [-0.4, -0.2) is 32.2 Å². The van der Waals surface area contributed by atoms with Crippen LogP contribution in [0.1, 0.15) is 27.5 Å². The van der Waals surface area contributed by atoms with Gasteiger partial charge in [0.25, 0.3) is 12.0 Å². The van der Waals surface area contributed by atoms with Gasteiger partial charge in [0.15, 0.2) is 5.82 Å². The number of benzene rings is 2. The van der Waals surface area contributed by atoms with Crippen LogP contribution in [0.5, 0.6) is 5.75 Å². The summed E-state index contributed by atoms with van der Waals surface area (Å²) in [5.41, 5.74) is 0.748. The van der Waals surface area contributed by atoms with Crippen LogP contribution >= 0.6 is 22.9 Å². The lowest BCUT2D eigenvalue weighted by atomic mass is 10.0. The summed E-state index contributed by atoms with van der Waals surface area (Å²) < 4.78 is 34.4. The standard InChI is InChI=1S/C26H15ClF2N4O4S/c27-14-4-5-19(16(10-14)15-6-7-31-21-17(15)12-38-22(21)26(35)36)37-9-8-33-24(23(28)29)32-18-3-1-2-13(11-30)20(18)25(33)34/h1-7,10,12,23H,8-9H2,(H,35,36). The fourth-order valence-electron chi connectivity index (χ4n) is 4.18. The molecule has 0 bridgehead atoms. The Hall–Kier alpha value is -4.40. The predicted octanol–water partition coefficient (Wildman–Crippen LogP) is 5.91. The van der Waals surface area contributed by atoms with Crippen molar-refractivity contribution in [3.8, 4) is 22.9 Å². The highest BCUT2D eigenvalue weighted by molar-refractivity contribution is 7.13.